The second kappa shape index (κ2) is 8.59. The van der Waals surface area contributed by atoms with E-state index in [1.807, 2.05) is 12.1 Å². The number of unbranched alkanes of at least 4 members (excludes halogenated alkanes) is 1. The highest BCUT2D eigenvalue weighted by Crippen LogP contribution is 2.28. The number of rotatable bonds is 7. The minimum atomic E-state index is -0.256. The van der Waals surface area contributed by atoms with Crippen molar-refractivity contribution in [3.63, 3.8) is 0 Å². The zero-order valence-corrected chi connectivity index (χ0v) is 15.9. The lowest BCUT2D eigenvalue weighted by atomic mass is 10.3. The van der Waals surface area contributed by atoms with Crippen LogP contribution in [0.2, 0.25) is 0 Å². The molecule has 1 aromatic heterocycles. The second-order valence-corrected chi connectivity index (χ2v) is 7.35. The molecule has 0 aliphatic carbocycles. The zero-order chi connectivity index (χ0) is 15.9. The van der Waals surface area contributed by atoms with Crippen LogP contribution in [0.1, 0.15) is 24.8 Å². The highest BCUT2D eigenvalue weighted by atomic mass is 79.9. The molecular weight excluding hydrogens is 434 g/mol. The Morgan fingerprint density at radius 2 is 2.18 bits per heavy atom. The molecule has 2 aromatic rings. The molecule has 0 bridgehead atoms. The number of carbonyl (C=O) groups excluding carboxylic acids is 1. The van der Waals surface area contributed by atoms with Crippen LogP contribution >= 0.6 is 43.2 Å². The van der Waals surface area contributed by atoms with E-state index in [1.165, 1.54) is 11.3 Å². The number of nitrogens with one attached hydrogen (secondary N) is 1. The van der Waals surface area contributed by atoms with Crippen molar-refractivity contribution in [2.75, 3.05) is 11.9 Å². The minimum absolute atomic E-state index is 0.0793. The lowest BCUT2D eigenvalue weighted by molar-refractivity contribution is -0.118. The fraction of sp³-hybridized carbons (Fsp3) is 0.357. The molecule has 2 rings (SSSR count). The van der Waals surface area contributed by atoms with Crippen molar-refractivity contribution in [1.29, 1.82) is 0 Å². The first-order valence-corrected chi connectivity index (χ1v) is 9.19. The van der Waals surface area contributed by atoms with Crippen LogP contribution in [0.3, 0.4) is 0 Å². The number of hydrogen-bond donors (Lipinski definition) is 1. The number of aryl methyl sites for hydroxylation is 1. The van der Waals surface area contributed by atoms with Gasteiger partial charge in [-0.1, -0.05) is 40.6 Å². The number of carbonyl (C=O) groups is 1. The van der Waals surface area contributed by atoms with Crippen LogP contribution in [0.4, 0.5) is 5.13 Å². The number of anilines is 1. The van der Waals surface area contributed by atoms with Crippen molar-refractivity contribution < 1.29 is 9.53 Å². The van der Waals surface area contributed by atoms with Crippen LogP contribution in [0.25, 0.3) is 0 Å². The number of benzene rings is 1. The second-order valence-electron chi connectivity index (χ2n) is 4.52. The Labute approximate surface area is 149 Å². The molecule has 8 heteroatoms. The summed E-state index contributed by atoms with van der Waals surface area (Å²) in [6.07, 6.45) is 3.08. The molecule has 0 fully saturated rings. The fourth-order valence-electron chi connectivity index (χ4n) is 1.62. The highest BCUT2D eigenvalue weighted by Gasteiger charge is 2.10. The van der Waals surface area contributed by atoms with Crippen LogP contribution in [0, 0.1) is 0 Å². The maximum atomic E-state index is 11.9. The van der Waals surface area contributed by atoms with Crippen molar-refractivity contribution >= 4 is 54.2 Å². The first-order valence-electron chi connectivity index (χ1n) is 6.78. The van der Waals surface area contributed by atoms with Crippen LogP contribution < -0.4 is 10.1 Å². The van der Waals surface area contributed by atoms with E-state index in [0.717, 1.165) is 33.2 Å². The number of amides is 1. The standard InChI is InChI=1S/C14H15Br2N3O2S/c1-2-3-4-13-18-19-14(22-13)17-12(20)8-21-11-6-5-9(15)7-10(11)16/h5-7H,2-4,8H2,1H3,(H,17,19,20). The molecule has 0 aliphatic rings. The Balaban J connectivity index is 1.83. The van der Waals surface area contributed by atoms with Crippen molar-refractivity contribution in [2.24, 2.45) is 0 Å². The van der Waals surface area contributed by atoms with Gasteiger partial charge < -0.3 is 4.74 Å². The zero-order valence-electron chi connectivity index (χ0n) is 11.9. The summed E-state index contributed by atoms with van der Waals surface area (Å²) in [7, 11) is 0. The molecule has 118 valence electrons. The van der Waals surface area contributed by atoms with Gasteiger partial charge in [0.15, 0.2) is 6.61 Å². The lowest BCUT2D eigenvalue weighted by Gasteiger charge is -2.07. The Morgan fingerprint density at radius 1 is 1.36 bits per heavy atom. The molecule has 0 aliphatic heterocycles. The topological polar surface area (TPSA) is 64.1 Å². The Morgan fingerprint density at radius 3 is 2.91 bits per heavy atom. The van der Waals surface area contributed by atoms with E-state index in [9.17, 15) is 4.79 Å². The first-order chi connectivity index (χ1) is 10.6. The third kappa shape index (κ3) is 5.33. The lowest BCUT2D eigenvalue weighted by Crippen LogP contribution is -2.20. The van der Waals surface area contributed by atoms with Gasteiger partial charge in [0, 0.05) is 10.9 Å². The van der Waals surface area contributed by atoms with Gasteiger partial charge in [0.05, 0.1) is 4.47 Å². The summed E-state index contributed by atoms with van der Waals surface area (Å²) in [6.45, 7) is 2.05. The van der Waals surface area contributed by atoms with Gasteiger partial charge in [0.2, 0.25) is 5.13 Å². The third-order valence-corrected chi connectivity index (χ3v) is 4.72. The molecule has 0 unspecified atom stereocenters. The highest BCUT2D eigenvalue weighted by molar-refractivity contribution is 9.11. The van der Waals surface area contributed by atoms with Gasteiger partial charge in [-0.3, -0.25) is 10.1 Å². The predicted octanol–water partition coefficient (Wildman–Crippen LogP) is 4.42. The SMILES string of the molecule is CCCCc1nnc(NC(=O)COc2ccc(Br)cc2Br)s1. The molecule has 22 heavy (non-hydrogen) atoms. The van der Waals surface area contributed by atoms with Gasteiger partial charge in [0.1, 0.15) is 10.8 Å². The molecule has 0 saturated carbocycles. The molecule has 5 nitrogen and oxygen atoms in total. The maximum absolute atomic E-state index is 11.9. The molecule has 0 atom stereocenters. The smallest absolute Gasteiger partial charge is 0.264 e. The normalized spacial score (nSPS) is 10.5. The quantitative estimate of drug-likeness (QED) is 0.680. The summed E-state index contributed by atoms with van der Waals surface area (Å²) < 4.78 is 7.19. The Bertz CT molecular complexity index is 649. The largest absolute Gasteiger partial charge is 0.483 e. The first kappa shape index (κ1) is 17.4. The summed E-state index contributed by atoms with van der Waals surface area (Å²) in [5.74, 6) is 0.354. The van der Waals surface area contributed by atoms with Gasteiger partial charge in [0.25, 0.3) is 5.91 Å². The minimum Gasteiger partial charge on any atom is -0.483 e. The van der Waals surface area contributed by atoms with E-state index < -0.39 is 0 Å². The summed E-state index contributed by atoms with van der Waals surface area (Å²) in [6, 6.07) is 5.50. The predicted molar refractivity (Wildman–Crippen MR) is 94.5 cm³/mol. The van der Waals surface area contributed by atoms with E-state index in [2.05, 4.69) is 54.3 Å². The number of hydrogen-bond acceptors (Lipinski definition) is 5. The number of nitrogens with zero attached hydrogens (tertiary/aromatic N) is 2. The number of ether oxygens (including phenoxy) is 1. The molecule has 1 amide bonds. The van der Waals surface area contributed by atoms with E-state index in [4.69, 9.17) is 4.74 Å². The molecule has 1 heterocycles. The van der Waals surface area contributed by atoms with E-state index in [1.54, 1.807) is 6.07 Å². The average molecular weight is 449 g/mol. The summed E-state index contributed by atoms with van der Waals surface area (Å²) in [5, 5.41) is 12.2. The summed E-state index contributed by atoms with van der Waals surface area (Å²) in [4.78, 5) is 11.9. The molecule has 0 radical (unpaired) electrons. The van der Waals surface area contributed by atoms with Crippen LogP contribution in [-0.2, 0) is 11.2 Å². The molecule has 1 N–H and O–H groups in total. The van der Waals surface area contributed by atoms with Gasteiger partial charge >= 0.3 is 0 Å². The third-order valence-electron chi connectivity index (χ3n) is 2.71. The summed E-state index contributed by atoms with van der Waals surface area (Å²) >= 11 is 8.15. The fourth-order valence-corrected chi connectivity index (χ4v) is 3.58. The van der Waals surface area contributed by atoms with Crippen molar-refractivity contribution in [1.82, 2.24) is 10.2 Å². The molecular formula is C14H15Br2N3O2S. The molecule has 0 spiro atoms. The van der Waals surface area contributed by atoms with Crippen molar-refractivity contribution in [3.05, 3.63) is 32.2 Å². The van der Waals surface area contributed by atoms with Crippen molar-refractivity contribution in [2.45, 2.75) is 26.2 Å². The molecule has 1 aromatic carbocycles. The van der Waals surface area contributed by atoms with Gasteiger partial charge in [-0.2, -0.15) is 0 Å². The Hall–Kier alpha value is -0.990. The van der Waals surface area contributed by atoms with E-state index >= 15 is 0 Å². The van der Waals surface area contributed by atoms with Gasteiger partial charge in [-0.25, -0.2) is 0 Å². The van der Waals surface area contributed by atoms with Crippen LogP contribution in [0.15, 0.2) is 27.1 Å². The maximum Gasteiger partial charge on any atom is 0.264 e. The van der Waals surface area contributed by atoms with Crippen LogP contribution in [-0.4, -0.2) is 22.7 Å². The van der Waals surface area contributed by atoms with Gasteiger partial charge in [-0.15, -0.1) is 10.2 Å². The number of aromatic nitrogens is 2. The van der Waals surface area contributed by atoms with Crippen molar-refractivity contribution in [3.8, 4) is 5.75 Å². The van der Waals surface area contributed by atoms with E-state index in [-0.39, 0.29) is 12.5 Å². The monoisotopic (exact) mass is 447 g/mol. The van der Waals surface area contributed by atoms with Gasteiger partial charge in [-0.05, 0) is 40.5 Å². The summed E-state index contributed by atoms with van der Waals surface area (Å²) in [5.41, 5.74) is 0. The Kier molecular flexibility index (Phi) is 6.78. The van der Waals surface area contributed by atoms with Crippen LogP contribution in [0.5, 0.6) is 5.75 Å². The molecule has 0 saturated heterocycles. The average Bonchev–Trinajstić information content (AvgIpc) is 2.91. The number of halogens is 2. The van der Waals surface area contributed by atoms with E-state index in [0.29, 0.717) is 10.9 Å².